The van der Waals surface area contributed by atoms with Gasteiger partial charge in [0.1, 0.15) is 0 Å². The minimum absolute atomic E-state index is 0.0212. The summed E-state index contributed by atoms with van der Waals surface area (Å²) in [6, 6.07) is 10.1. The van der Waals surface area contributed by atoms with Gasteiger partial charge >= 0.3 is 5.97 Å². The van der Waals surface area contributed by atoms with Crippen LogP contribution in [0.15, 0.2) is 30.3 Å². The van der Waals surface area contributed by atoms with Gasteiger partial charge < -0.3 is 10.1 Å². The number of piperidine rings is 1. The van der Waals surface area contributed by atoms with Crippen LogP contribution in [0.1, 0.15) is 31.2 Å². The number of hydrogen-bond donors (Lipinski definition) is 1. The summed E-state index contributed by atoms with van der Waals surface area (Å²) in [5.41, 5.74) is 0.679. The van der Waals surface area contributed by atoms with Crippen molar-refractivity contribution in [3.05, 3.63) is 35.9 Å². The fourth-order valence-corrected chi connectivity index (χ4v) is 2.84. The van der Waals surface area contributed by atoms with Crippen molar-refractivity contribution in [2.75, 3.05) is 19.7 Å². The number of carbonyl (C=O) groups is 1. The van der Waals surface area contributed by atoms with Crippen LogP contribution in [0.25, 0.3) is 0 Å². The van der Waals surface area contributed by atoms with Crippen LogP contribution in [-0.4, -0.2) is 25.7 Å². The zero-order valence-electron chi connectivity index (χ0n) is 11.2. The number of esters is 1. The smallest absolute Gasteiger partial charge is 0.316 e. The fraction of sp³-hybridized carbons (Fsp3) is 0.562. The highest BCUT2D eigenvalue weighted by Crippen LogP contribution is 2.36. The van der Waals surface area contributed by atoms with E-state index in [0.29, 0.717) is 12.5 Å². The lowest BCUT2D eigenvalue weighted by atomic mass is 9.73. The minimum atomic E-state index is -0.429. The second-order valence-electron chi connectivity index (χ2n) is 5.74. The van der Waals surface area contributed by atoms with Crippen molar-refractivity contribution in [3.8, 4) is 0 Å². The summed E-state index contributed by atoms with van der Waals surface area (Å²) in [5, 5.41) is 3.33. The molecule has 3 nitrogen and oxygen atoms in total. The molecule has 3 heteroatoms. The number of benzene rings is 1. The Morgan fingerprint density at radius 3 is 2.53 bits per heavy atom. The topological polar surface area (TPSA) is 38.3 Å². The van der Waals surface area contributed by atoms with E-state index < -0.39 is 5.41 Å². The molecule has 0 spiro atoms. The molecule has 2 aliphatic rings. The van der Waals surface area contributed by atoms with Crippen molar-refractivity contribution >= 4 is 5.97 Å². The molecule has 1 aliphatic heterocycles. The number of rotatable bonds is 4. The number of nitrogens with one attached hydrogen (secondary N) is 1. The van der Waals surface area contributed by atoms with Crippen LogP contribution >= 0.6 is 0 Å². The van der Waals surface area contributed by atoms with E-state index in [1.54, 1.807) is 0 Å². The molecule has 3 rings (SSSR count). The highest BCUT2D eigenvalue weighted by atomic mass is 16.5. The van der Waals surface area contributed by atoms with E-state index in [9.17, 15) is 4.79 Å². The maximum Gasteiger partial charge on any atom is 0.316 e. The summed E-state index contributed by atoms with van der Waals surface area (Å²) >= 11 is 0. The summed E-state index contributed by atoms with van der Waals surface area (Å²) < 4.78 is 5.60. The Balaban J connectivity index is 1.80. The normalized spacial score (nSPS) is 21.9. The van der Waals surface area contributed by atoms with E-state index in [1.165, 1.54) is 12.8 Å². The summed E-state index contributed by atoms with van der Waals surface area (Å²) in [6.07, 6.45) is 4.10. The van der Waals surface area contributed by atoms with Gasteiger partial charge in [-0.05, 0) is 50.3 Å². The molecule has 19 heavy (non-hydrogen) atoms. The van der Waals surface area contributed by atoms with Gasteiger partial charge in [-0.2, -0.15) is 0 Å². The van der Waals surface area contributed by atoms with E-state index >= 15 is 0 Å². The lowest BCUT2D eigenvalue weighted by molar-refractivity contribution is -0.152. The van der Waals surface area contributed by atoms with Gasteiger partial charge in [0.15, 0.2) is 0 Å². The molecule has 1 aromatic rings. The fourth-order valence-electron chi connectivity index (χ4n) is 2.84. The maximum atomic E-state index is 12.6. The quantitative estimate of drug-likeness (QED) is 0.843. The molecular formula is C16H21NO2. The molecule has 1 aromatic carbocycles. The third-order valence-corrected chi connectivity index (χ3v) is 4.32. The molecule has 0 atom stereocenters. The van der Waals surface area contributed by atoms with Crippen molar-refractivity contribution in [2.24, 2.45) is 5.92 Å². The van der Waals surface area contributed by atoms with Crippen LogP contribution in [0, 0.1) is 5.92 Å². The average molecular weight is 259 g/mol. The highest BCUT2D eigenvalue weighted by molar-refractivity contribution is 5.83. The molecule has 1 saturated heterocycles. The van der Waals surface area contributed by atoms with Gasteiger partial charge in [0.2, 0.25) is 0 Å². The molecule has 0 amide bonds. The highest BCUT2D eigenvalue weighted by Gasteiger charge is 2.43. The predicted molar refractivity (Wildman–Crippen MR) is 73.9 cm³/mol. The van der Waals surface area contributed by atoms with Crippen LogP contribution in [0.2, 0.25) is 0 Å². The molecule has 1 aliphatic carbocycles. The Morgan fingerprint density at radius 1 is 1.21 bits per heavy atom. The number of hydrogen-bond acceptors (Lipinski definition) is 3. The molecule has 1 N–H and O–H groups in total. The van der Waals surface area contributed by atoms with Crippen molar-refractivity contribution in [1.82, 2.24) is 5.32 Å². The Bertz CT molecular complexity index is 433. The summed E-state index contributed by atoms with van der Waals surface area (Å²) in [6.45, 7) is 2.38. The van der Waals surface area contributed by atoms with Crippen LogP contribution in [0.5, 0.6) is 0 Å². The molecular weight excluding hydrogens is 238 g/mol. The molecule has 1 heterocycles. The Kier molecular flexibility index (Phi) is 3.56. The molecule has 2 fully saturated rings. The SMILES string of the molecule is O=C(OCC1CC1)C1(c2ccccc2)CCNCC1. The Hall–Kier alpha value is -1.35. The molecule has 0 bridgehead atoms. The average Bonchev–Trinajstić information content (AvgIpc) is 3.30. The van der Waals surface area contributed by atoms with Crippen LogP contribution in [-0.2, 0) is 14.9 Å². The predicted octanol–water partition coefficient (Wildman–Crippen LogP) is 2.26. The van der Waals surface area contributed by atoms with Crippen molar-refractivity contribution in [3.63, 3.8) is 0 Å². The van der Waals surface area contributed by atoms with Gasteiger partial charge in [0, 0.05) is 0 Å². The zero-order chi connectivity index (χ0) is 13.1. The van der Waals surface area contributed by atoms with Crippen molar-refractivity contribution in [2.45, 2.75) is 31.1 Å². The molecule has 0 radical (unpaired) electrons. The minimum Gasteiger partial charge on any atom is -0.465 e. The van der Waals surface area contributed by atoms with Crippen molar-refractivity contribution < 1.29 is 9.53 Å². The third kappa shape index (κ3) is 2.66. The van der Waals surface area contributed by atoms with Gasteiger partial charge in [-0.25, -0.2) is 0 Å². The van der Waals surface area contributed by atoms with Gasteiger partial charge in [0.05, 0.1) is 12.0 Å². The van der Waals surface area contributed by atoms with Crippen LogP contribution in [0.3, 0.4) is 0 Å². The summed E-state index contributed by atoms with van der Waals surface area (Å²) in [7, 11) is 0. The first-order valence-electron chi connectivity index (χ1n) is 7.25. The van der Waals surface area contributed by atoms with Gasteiger partial charge in [-0.15, -0.1) is 0 Å². The molecule has 1 saturated carbocycles. The second-order valence-corrected chi connectivity index (χ2v) is 5.74. The maximum absolute atomic E-state index is 12.6. The van der Waals surface area contributed by atoms with Crippen LogP contribution in [0.4, 0.5) is 0 Å². The lowest BCUT2D eigenvalue weighted by Crippen LogP contribution is -2.46. The van der Waals surface area contributed by atoms with E-state index in [2.05, 4.69) is 17.4 Å². The number of carbonyl (C=O) groups excluding carboxylic acids is 1. The Labute approximate surface area is 114 Å². The lowest BCUT2D eigenvalue weighted by Gasteiger charge is -2.35. The van der Waals surface area contributed by atoms with Gasteiger partial charge in [-0.3, -0.25) is 4.79 Å². The largest absolute Gasteiger partial charge is 0.465 e. The first kappa shape index (κ1) is 12.7. The molecule has 0 unspecified atom stereocenters. The first-order chi connectivity index (χ1) is 9.31. The van der Waals surface area contributed by atoms with E-state index in [-0.39, 0.29) is 5.97 Å². The summed E-state index contributed by atoms with van der Waals surface area (Å²) in [4.78, 5) is 12.6. The summed E-state index contributed by atoms with van der Waals surface area (Å²) in [5.74, 6) is 0.602. The first-order valence-corrected chi connectivity index (χ1v) is 7.25. The Morgan fingerprint density at radius 2 is 1.89 bits per heavy atom. The zero-order valence-corrected chi connectivity index (χ0v) is 11.2. The van der Waals surface area contributed by atoms with E-state index in [0.717, 1.165) is 31.5 Å². The number of ether oxygens (including phenoxy) is 1. The molecule has 102 valence electrons. The van der Waals surface area contributed by atoms with E-state index in [4.69, 9.17) is 4.74 Å². The van der Waals surface area contributed by atoms with Crippen molar-refractivity contribution in [1.29, 1.82) is 0 Å². The molecule has 0 aromatic heterocycles. The van der Waals surface area contributed by atoms with E-state index in [1.807, 2.05) is 18.2 Å². The van der Waals surface area contributed by atoms with Gasteiger partial charge in [-0.1, -0.05) is 30.3 Å². The monoisotopic (exact) mass is 259 g/mol. The third-order valence-electron chi connectivity index (χ3n) is 4.32. The van der Waals surface area contributed by atoms with Gasteiger partial charge in [0.25, 0.3) is 0 Å². The second kappa shape index (κ2) is 5.33. The van der Waals surface area contributed by atoms with Crippen LogP contribution < -0.4 is 5.32 Å². The standard InChI is InChI=1S/C16H21NO2/c18-15(19-12-13-6-7-13)16(8-10-17-11-9-16)14-4-2-1-3-5-14/h1-5,13,17H,6-12H2.